The average Bonchev–Trinajstić information content (AvgIpc) is 2.94. The minimum absolute atomic E-state index is 0.00925. The van der Waals surface area contributed by atoms with Crippen LogP contribution in [0.15, 0.2) is 48.0 Å². The van der Waals surface area contributed by atoms with Gasteiger partial charge in [0.15, 0.2) is 0 Å². The summed E-state index contributed by atoms with van der Waals surface area (Å²) >= 11 is 0. The summed E-state index contributed by atoms with van der Waals surface area (Å²) in [6.07, 6.45) is 2.52. The van der Waals surface area contributed by atoms with E-state index in [2.05, 4.69) is 5.32 Å². The minimum Gasteiger partial charge on any atom is -0.508 e. The number of anilines is 1. The van der Waals surface area contributed by atoms with Crippen molar-refractivity contribution in [1.29, 1.82) is 5.26 Å². The van der Waals surface area contributed by atoms with Crippen LogP contribution < -0.4 is 10.1 Å². The molecule has 0 saturated heterocycles. The van der Waals surface area contributed by atoms with Crippen molar-refractivity contribution in [3.05, 3.63) is 59.2 Å². The van der Waals surface area contributed by atoms with Crippen LogP contribution in [-0.4, -0.2) is 17.1 Å². The monoisotopic (exact) mass is 320 g/mol. The van der Waals surface area contributed by atoms with E-state index in [1.54, 1.807) is 18.2 Å². The molecule has 3 rings (SSSR count). The van der Waals surface area contributed by atoms with Gasteiger partial charge < -0.3 is 15.2 Å². The first kappa shape index (κ1) is 15.6. The van der Waals surface area contributed by atoms with E-state index < -0.39 is 5.91 Å². The van der Waals surface area contributed by atoms with Crippen molar-refractivity contribution >= 4 is 17.7 Å². The molecule has 5 heteroatoms. The molecule has 1 amide bonds. The molecule has 0 fully saturated rings. The summed E-state index contributed by atoms with van der Waals surface area (Å²) in [6, 6.07) is 13.6. The number of phenols is 1. The number of aromatic hydroxyl groups is 1. The number of carbonyl (C=O) groups is 1. The standard InChI is InChI=1S/C19H16N2O3/c1-12-8-14-9-13(2-7-18(14)24-12)10-15(11-20)19(23)21-16-3-5-17(22)6-4-16/h2-7,9-10,12,22H,8H2,1H3,(H,21,23)/b15-10+/t12-/m0/s1. The number of fused-ring (bicyclic) bond motifs is 1. The largest absolute Gasteiger partial charge is 0.508 e. The highest BCUT2D eigenvalue weighted by Crippen LogP contribution is 2.30. The first-order valence-electron chi connectivity index (χ1n) is 7.57. The predicted molar refractivity (Wildman–Crippen MR) is 90.6 cm³/mol. The maximum atomic E-state index is 12.2. The fraction of sp³-hybridized carbons (Fsp3) is 0.158. The Hall–Kier alpha value is -3.26. The highest BCUT2D eigenvalue weighted by atomic mass is 16.5. The summed E-state index contributed by atoms with van der Waals surface area (Å²) in [7, 11) is 0. The molecule has 1 aliphatic heterocycles. The number of nitrogens with one attached hydrogen (secondary N) is 1. The van der Waals surface area contributed by atoms with E-state index in [0.29, 0.717) is 5.69 Å². The second kappa shape index (κ2) is 6.47. The molecule has 5 nitrogen and oxygen atoms in total. The second-order valence-corrected chi connectivity index (χ2v) is 5.67. The topological polar surface area (TPSA) is 82.4 Å². The predicted octanol–water partition coefficient (Wildman–Crippen LogP) is 3.26. The molecule has 0 aliphatic carbocycles. The molecule has 1 aliphatic rings. The number of hydrogen-bond acceptors (Lipinski definition) is 4. The van der Waals surface area contributed by atoms with Crippen LogP contribution in [0.4, 0.5) is 5.69 Å². The molecule has 120 valence electrons. The van der Waals surface area contributed by atoms with Crippen molar-refractivity contribution in [3.8, 4) is 17.6 Å². The third kappa shape index (κ3) is 3.39. The van der Waals surface area contributed by atoms with Gasteiger partial charge in [-0.15, -0.1) is 0 Å². The van der Waals surface area contributed by atoms with Crippen molar-refractivity contribution in [2.75, 3.05) is 5.32 Å². The maximum absolute atomic E-state index is 12.2. The fourth-order valence-electron chi connectivity index (χ4n) is 2.59. The van der Waals surface area contributed by atoms with Gasteiger partial charge in [-0.3, -0.25) is 4.79 Å². The number of ether oxygens (including phenoxy) is 1. The third-order valence-corrected chi connectivity index (χ3v) is 3.72. The van der Waals surface area contributed by atoms with E-state index in [1.807, 2.05) is 31.2 Å². The Morgan fingerprint density at radius 2 is 2.08 bits per heavy atom. The number of rotatable bonds is 3. The van der Waals surface area contributed by atoms with Gasteiger partial charge in [-0.25, -0.2) is 0 Å². The summed E-state index contributed by atoms with van der Waals surface area (Å²) in [5.74, 6) is 0.471. The lowest BCUT2D eigenvalue weighted by Crippen LogP contribution is -2.13. The van der Waals surface area contributed by atoms with Gasteiger partial charge >= 0.3 is 0 Å². The molecule has 24 heavy (non-hydrogen) atoms. The van der Waals surface area contributed by atoms with Crippen LogP contribution in [0, 0.1) is 11.3 Å². The Bertz CT molecular complexity index is 848. The molecule has 2 N–H and O–H groups in total. The van der Waals surface area contributed by atoms with E-state index >= 15 is 0 Å². The zero-order valence-corrected chi connectivity index (χ0v) is 13.1. The quantitative estimate of drug-likeness (QED) is 0.516. The average molecular weight is 320 g/mol. The number of phenolic OH excluding ortho intramolecular Hbond substituents is 1. The van der Waals surface area contributed by atoms with Crippen LogP contribution in [0.25, 0.3) is 6.08 Å². The number of nitrogens with zero attached hydrogens (tertiary/aromatic N) is 1. The Morgan fingerprint density at radius 1 is 1.33 bits per heavy atom. The Kier molecular flexibility index (Phi) is 4.21. The lowest BCUT2D eigenvalue weighted by atomic mass is 10.0. The van der Waals surface area contributed by atoms with Gasteiger partial charge in [0, 0.05) is 12.1 Å². The van der Waals surface area contributed by atoms with Gasteiger partial charge in [0.2, 0.25) is 0 Å². The lowest BCUT2D eigenvalue weighted by molar-refractivity contribution is -0.112. The van der Waals surface area contributed by atoms with Gasteiger partial charge in [0.25, 0.3) is 5.91 Å². The molecular weight excluding hydrogens is 304 g/mol. The fourth-order valence-corrected chi connectivity index (χ4v) is 2.59. The Balaban J connectivity index is 1.79. The highest BCUT2D eigenvalue weighted by Gasteiger charge is 2.19. The van der Waals surface area contributed by atoms with Crippen molar-refractivity contribution < 1.29 is 14.6 Å². The summed E-state index contributed by atoms with van der Waals surface area (Å²) in [5, 5.41) is 21.2. The van der Waals surface area contributed by atoms with Crippen LogP contribution in [0.2, 0.25) is 0 Å². The molecule has 0 saturated carbocycles. The molecule has 2 aromatic rings. The second-order valence-electron chi connectivity index (χ2n) is 5.67. The zero-order chi connectivity index (χ0) is 17.1. The summed E-state index contributed by atoms with van der Waals surface area (Å²) in [4.78, 5) is 12.2. The molecule has 0 aromatic heterocycles. The molecular formula is C19H16N2O3. The van der Waals surface area contributed by atoms with Gasteiger partial charge in [0.05, 0.1) is 0 Å². The molecule has 0 spiro atoms. The Labute approximate surface area is 139 Å². The van der Waals surface area contributed by atoms with Gasteiger partial charge in [0.1, 0.15) is 29.2 Å². The van der Waals surface area contributed by atoms with E-state index in [1.165, 1.54) is 12.1 Å². The van der Waals surface area contributed by atoms with E-state index in [4.69, 9.17) is 4.74 Å². The van der Waals surface area contributed by atoms with Crippen LogP contribution >= 0.6 is 0 Å². The molecule has 1 heterocycles. The highest BCUT2D eigenvalue weighted by molar-refractivity contribution is 6.09. The van der Waals surface area contributed by atoms with Gasteiger partial charge in [-0.05, 0) is 60.5 Å². The van der Waals surface area contributed by atoms with Crippen molar-refractivity contribution in [1.82, 2.24) is 0 Å². The molecule has 0 bridgehead atoms. The van der Waals surface area contributed by atoms with Crippen molar-refractivity contribution in [2.24, 2.45) is 0 Å². The smallest absolute Gasteiger partial charge is 0.266 e. The normalized spacial score (nSPS) is 16.0. The molecule has 2 aromatic carbocycles. The lowest BCUT2D eigenvalue weighted by Gasteiger charge is -2.05. The zero-order valence-electron chi connectivity index (χ0n) is 13.1. The molecule has 1 atom stereocenters. The number of nitriles is 1. The number of hydrogen-bond donors (Lipinski definition) is 2. The maximum Gasteiger partial charge on any atom is 0.266 e. The third-order valence-electron chi connectivity index (χ3n) is 3.72. The van der Waals surface area contributed by atoms with Crippen LogP contribution in [0.3, 0.4) is 0 Å². The van der Waals surface area contributed by atoms with E-state index in [9.17, 15) is 15.2 Å². The van der Waals surface area contributed by atoms with Crippen LogP contribution in [0.5, 0.6) is 11.5 Å². The van der Waals surface area contributed by atoms with E-state index in [0.717, 1.165) is 23.3 Å². The number of benzene rings is 2. The summed E-state index contributed by atoms with van der Waals surface area (Å²) in [5.41, 5.74) is 2.38. The molecule has 0 radical (unpaired) electrons. The number of amides is 1. The Morgan fingerprint density at radius 3 is 2.79 bits per heavy atom. The minimum atomic E-state index is -0.492. The SMILES string of the molecule is C[C@H]1Cc2cc(/C=C(\C#N)C(=O)Nc3ccc(O)cc3)ccc2O1. The van der Waals surface area contributed by atoms with Crippen molar-refractivity contribution in [2.45, 2.75) is 19.4 Å². The molecule has 0 unspecified atom stereocenters. The van der Waals surface area contributed by atoms with Crippen LogP contribution in [-0.2, 0) is 11.2 Å². The van der Waals surface area contributed by atoms with Gasteiger partial charge in [-0.1, -0.05) is 6.07 Å². The van der Waals surface area contributed by atoms with Crippen LogP contribution in [0.1, 0.15) is 18.1 Å². The van der Waals surface area contributed by atoms with E-state index in [-0.39, 0.29) is 17.4 Å². The first-order valence-corrected chi connectivity index (χ1v) is 7.57. The first-order chi connectivity index (χ1) is 11.5. The summed E-state index contributed by atoms with van der Waals surface area (Å²) < 4.78 is 5.64. The number of carbonyl (C=O) groups excluding carboxylic acids is 1. The summed E-state index contributed by atoms with van der Waals surface area (Å²) in [6.45, 7) is 2.00. The van der Waals surface area contributed by atoms with Crippen molar-refractivity contribution in [3.63, 3.8) is 0 Å². The van der Waals surface area contributed by atoms with Gasteiger partial charge in [-0.2, -0.15) is 5.26 Å².